The summed E-state index contributed by atoms with van der Waals surface area (Å²) in [5.41, 5.74) is 1.58. The average molecular weight is 533 g/mol. The van der Waals surface area contributed by atoms with Crippen molar-refractivity contribution in [2.45, 2.75) is 4.90 Å². The lowest BCUT2D eigenvalue weighted by Crippen LogP contribution is -2.38. The molecule has 3 aromatic rings. The van der Waals surface area contributed by atoms with Crippen molar-refractivity contribution in [3.63, 3.8) is 0 Å². The van der Waals surface area contributed by atoms with Crippen molar-refractivity contribution in [3.05, 3.63) is 111 Å². The van der Waals surface area contributed by atoms with Crippen LogP contribution in [0, 0.1) is 15.5 Å². The first-order valence-electron chi connectivity index (χ1n) is 10.7. The molecule has 0 fully saturated rings. The van der Waals surface area contributed by atoms with Gasteiger partial charge in [0, 0.05) is 11.5 Å². The molecular weight excluding hydrogens is 516 g/mol. The minimum atomic E-state index is -4.47. The zero-order chi connectivity index (χ0) is 26.2. The van der Waals surface area contributed by atoms with Gasteiger partial charge in [-0.1, -0.05) is 66.4 Å². The molecule has 10 nitrogen and oxygen atoms in total. The van der Waals surface area contributed by atoms with Crippen LogP contribution in [0.3, 0.4) is 0 Å². The van der Waals surface area contributed by atoms with Crippen molar-refractivity contribution < 1.29 is 22.3 Å². The van der Waals surface area contributed by atoms with Crippen molar-refractivity contribution >= 4 is 56.3 Å². The number of fused-ring (bicyclic) bond motifs is 1. The Kier molecular flexibility index (Phi) is 6.19. The number of benzene rings is 3. The Morgan fingerprint density at radius 1 is 1.00 bits per heavy atom. The van der Waals surface area contributed by atoms with Crippen LogP contribution in [0.15, 0.2) is 99.7 Å². The summed E-state index contributed by atoms with van der Waals surface area (Å²) in [7, 11) is -4.47. The van der Waals surface area contributed by atoms with Crippen LogP contribution in [-0.2, 0) is 14.9 Å². The van der Waals surface area contributed by atoms with Gasteiger partial charge in [0.25, 0.3) is 11.6 Å². The summed E-state index contributed by atoms with van der Waals surface area (Å²) in [6.07, 6.45) is 1.48. The second-order valence-electron chi connectivity index (χ2n) is 7.76. The molecule has 3 aromatic carbocycles. The first-order valence-corrected chi connectivity index (χ1v) is 13.0. The number of carbonyl (C=O) groups is 1. The number of para-hydroxylation sites is 1. The highest BCUT2D eigenvalue weighted by Crippen LogP contribution is 2.37. The second-order valence-corrected chi connectivity index (χ2v) is 10.1. The van der Waals surface area contributed by atoms with Crippen molar-refractivity contribution in [2.24, 2.45) is 4.99 Å². The molecule has 0 saturated heterocycles. The Hall–Kier alpha value is -4.55. The number of amides is 1. The van der Waals surface area contributed by atoms with E-state index in [2.05, 4.69) is 4.99 Å². The van der Waals surface area contributed by atoms with E-state index in [0.29, 0.717) is 10.7 Å². The molecule has 0 saturated carbocycles. The van der Waals surface area contributed by atoms with Crippen LogP contribution in [0.25, 0.3) is 11.8 Å². The number of thioether (sulfide) groups is 1. The highest BCUT2D eigenvalue weighted by Gasteiger charge is 2.36. The number of hydrogen-bond donors (Lipinski definition) is 1. The van der Waals surface area contributed by atoms with E-state index < -0.39 is 31.5 Å². The predicted molar refractivity (Wildman–Crippen MR) is 139 cm³/mol. The maximum Gasteiger partial charge on any atom is 0.346 e. The van der Waals surface area contributed by atoms with E-state index in [1.165, 1.54) is 54.2 Å². The lowest BCUT2D eigenvalue weighted by atomic mass is 10.1. The average Bonchev–Trinajstić information content (AvgIpc) is 3.32. The second kappa shape index (κ2) is 9.48. The smallest absolute Gasteiger partial charge is 0.346 e. The fraction of sp³-hybridized carbons (Fsp3) is 0. The molecule has 2 heterocycles. The van der Waals surface area contributed by atoms with Crippen LogP contribution < -0.4 is 4.18 Å². The maximum absolute atomic E-state index is 12.7. The van der Waals surface area contributed by atoms with E-state index in [9.17, 15) is 23.3 Å². The molecule has 5 rings (SSSR count). The molecule has 0 radical (unpaired) electrons. The van der Waals surface area contributed by atoms with Gasteiger partial charge in [0.15, 0.2) is 10.1 Å². The van der Waals surface area contributed by atoms with E-state index in [0.717, 1.165) is 23.4 Å². The third-order valence-electron chi connectivity index (χ3n) is 5.41. The number of amidine groups is 2. The Bertz CT molecular complexity index is 1650. The lowest BCUT2D eigenvalue weighted by Gasteiger charge is -2.26. The Labute approximate surface area is 215 Å². The monoisotopic (exact) mass is 532 g/mol. The molecule has 2 aliphatic rings. The van der Waals surface area contributed by atoms with Gasteiger partial charge in [-0.25, -0.2) is 0 Å². The van der Waals surface area contributed by atoms with Crippen LogP contribution in [-0.4, -0.2) is 35.2 Å². The molecule has 0 bridgehead atoms. The highest BCUT2D eigenvalue weighted by molar-refractivity contribution is 8.17. The van der Waals surface area contributed by atoms with Gasteiger partial charge < -0.3 is 4.18 Å². The van der Waals surface area contributed by atoms with Gasteiger partial charge in [-0.3, -0.25) is 25.2 Å². The number of aliphatic imine (C=N–C) groups is 1. The third kappa shape index (κ3) is 4.67. The summed E-state index contributed by atoms with van der Waals surface area (Å²) in [4.78, 5) is 28.2. The van der Waals surface area contributed by atoms with E-state index in [1.807, 2.05) is 35.7 Å². The standard InChI is InChI=1S/C25H16N4O6S2/c26-23-19(24(30)27-25-28(23)21(15-36-25)17-6-2-1-3-7-17)14-16-10-12-18(13-11-16)35-37(33,34)22-9-5-4-8-20(22)29(31)32/h1-15,26H/b19-14-,26-23?. The molecule has 1 N–H and O–H groups in total. The van der Waals surface area contributed by atoms with Gasteiger partial charge >= 0.3 is 10.1 Å². The zero-order valence-electron chi connectivity index (χ0n) is 18.8. The first kappa shape index (κ1) is 24.2. The molecule has 2 aliphatic heterocycles. The van der Waals surface area contributed by atoms with Gasteiger partial charge in [0.2, 0.25) is 0 Å². The van der Waals surface area contributed by atoms with Crippen LogP contribution in [0.2, 0.25) is 0 Å². The number of nitro groups is 1. The minimum absolute atomic E-state index is 0.0330. The minimum Gasteiger partial charge on any atom is -0.379 e. The molecular formula is C25H16N4O6S2. The lowest BCUT2D eigenvalue weighted by molar-refractivity contribution is -0.387. The van der Waals surface area contributed by atoms with Crippen LogP contribution in [0.4, 0.5) is 5.69 Å². The Morgan fingerprint density at radius 2 is 1.68 bits per heavy atom. The number of nitrogens with one attached hydrogen (secondary N) is 1. The summed E-state index contributed by atoms with van der Waals surface area (Å²) in [5.74, 6) is -0.670. The van der Waals surface area contributed by atoms with Gasteiger partial charge in [-0.2, -0.15) is 13.4 Å². The van der Waals surface area contributed by atoms with E-state index in [-0.39, 0.29) is 17.2 Å². The SMILES string of the molecule is N=C1/C(=C/c2ccc(OS(=O)(=O)c3ccccc3[N+](=O)[O-])cc2)C(=O)N=C2SC=C(c3ccccc3)N12. The summed E-state index contributed by atoms with van der Waals surface area (Å²) in [6, 6.07) is 20.1. The largest absolute Gasteiger partial charge is 0.379 e. The normalized spacial score (nSPS) is 16.3. The van der Waals surface area contributed by atoms with E-state index in [4.69, 9.17) is 9.59 Å². The fourth-order valence-electron chi connectivity index (χ4n) is 3.69. The summed E-state index contributed by atoms with van der Waals surface area (Å²) >= 11 is 1.26. The zero-order valence-corrected chi connectivity index (χ0v) is 20.4. The number of rotatable bonds is 6. The molecule has 0 unspecified atom stereocenters. The molecule has 1 amide bonds. The molecule has 0 atom stereocenters. The van der Waals surface area contributed by atoms with Crippen molar-refractivity contribution in [2.75, 3.05) is 0 Å². The molecule has 12 heteroatoms. The number of carbonyl (C=O) groups excluding carboxylic acids is 1. The summed E-state index contributed by atoms with van der Waals surface area (Å²) < 4.78 is 30.3. The van der Waals surface area contributed by atoms with E-state index in [1.54, 1.807) is 4.90 Å². The first-order chi connectivity index (χ1) is 17.7. The van der Waals surface area contributed by atoms with Gasteiger partial charge in [-0.05, 0) is 35.4 Å². The van der Waals surface area contributed by atoms with Gasteiger partial charge in [0.05, 0.1) is 16.2 Å². The van der Waals surface area contributed by atoms with Crippen molar-refractivity contribution in [1.82, 2.24) is 4.90 Å². The topological polar surface area (TPSA) is 143 Å². The van der Waals surface area contributed by atoms with Crippen LogP contribution in [0.1, 0.15) is 11.1 Å². The maximum atomic E-state index is 12.7. The van der Waals surface area contributed by atoms with Gasteiger partial charge in [-0.15, -0.1) is 0 Å². The number of nitro benzene ring substituents is 1. The Morgan fingerprint density at radius 3 is 2.38 bits per heavy atom. The molecule has 37 heavy (non-hydrogen) atoms. The molecule has 0 aliphatic carbocycles. The Balaban J connectivity index is 1.39. The fourth-order valence-corrected chi connectivity index (χ4v) is 5.68. The highest BCUT2D eigenvalue weighted by atomic mass is 32.2. The van der Waals surface area contributed by atoms with Crippen molar-refractivity contribution in [1.29, 1.82) is 5.41 Å². The summed E-state index contributed by atoms with van der Waals surface area (Å²) in [6.45, 7) is 0. The van der Waals surface area contributed by atoms with E-state index >= 15 is 0 Å². The molecule has 0 aromatic heterocycles. The number of nitrogens with zero attached hydrogens (tertiary/aromatic N) is 3. The molecule has 184 valence electrons. The predicted octanol–water partition coefficient (Wildman–Crippen LogP) is 4.67. The van der Waals surface area contributed by atoms with Crippen LogP contribution >= 0.6 is 11.8 Å². The van der Waals surface area contributed by atoms with Crippen LogP contribution in [0.5, 0.6) is 5.75 Å². The number of hydrogen-bond acceptors (Lipinski definition) is 8. The quantitative estimate of drug-likeness (QED) is 0.209. The van der Waals surface area contributed by atoms with Gasteiger partial charge in [0.1, 0.15) is 11.6 Å². The molecule has 0 spiro atoms. The third-order valence-corrected chi connectivity index (χ3v) is 7.53. The summed E-state index contributed by atoms with van der Waals surface area (Å²) in [5, 5.41) is 22.1. The van der Waals surface area contributed by atoms with Crippen molar-refractivity contribution in [3.8, 4) is 5.75 Å².